The molecule has 0 bridgehead atoms. The number of benzene rings is 2. The third kappa shape index (κ3) is 3.33. The highest BCUT2D eigenvalue weighted by Crippen LogP contribution is 2.17. The predicted octanol–water partition coefficient (Wildman–Crippen LogP) is 3.66. The number of ketones is 1. The molecule has 100 valence electrons. The van der Waals surface area contributed by atoms with Crippen molar-refractivity contribution < 1.29 is 14.3 Å². The Bertz CT molecular complexity index is 642. The number of ether oxygens (including phenoxy) is 1. The summed E-state index contributed by atoms with van der Waals surface area (Å²) in [6, 6.07) is 13.0. The minimum Gasteiger partial charge on any atom is -0.423 e. The van der Waals surface area contributed by atoms with Gasteiger partial charge >= 0.3 is 5.97 Å². The topological polar surface area (TPSA) is 43.4 Å². The Morgan fingerprint density at radius 2 is 1.45 bits per heavy atom. The van der Waals surface area contributed by atoms with Crippen LogP contribution in [0.1, 0.15) is 15.9 Å². The van der Waals surface area contributed by atoms with Crippen molar-refractivity contribution in [1.82, 2.24) is 0 Å². The maximum Gasteiger partial charge on any atom is 0.335 e. The third-order valence-corrected chi connectivity index (χ3v) is 2.86. The lowest BCUT2D eigenvalue weighted by Gasteiger charge is -2.04. The van der Waals surface area contributed by atoms with Crippen molar-refractivity contribution in [2.75, 3.05) is 0 Å². The summed E-state index contributed by atoms with van der Waals surface area (Å²) >= 11 is 5.78. The van der Waals surface area contributed by atoms with E-state index in [1.165, 1.54) is 0 Å². The van der Waals surface area contributed by atoms with Gasteiger partial charge in [0, 0.05) is 22.2 Å². The van der Waals surface area contributed by atoms with Gasteiger partial charge in [0.05, 0.1) is 0 Å². The standard InChI is InChI=1S/C16H11ClO3/c1-2-15(18)20-14-9-5-12(6-10-14)16(19)11-3-7-13(17)8-4-11/h2-10H,1H2. The summed E-state index contributed by atoms with van der Waals surface area (Å²) < 4.78 is 4.93. The van der Waals surface area contributed by atoms with E-state index < -0.39 is 5.97 Å². The Hall–Kier alpha value is -2.39. The van der Waals surface area contributed by atoms with E-state index in [-0.39, 0.29) is 5.78 Å². The second kappa shape index (κ2) is 6.17. The number of hydrogen-bond acceptors (Lipinski definition) is 3. The van der Waals surface area contributed by atoms with Gasteiger partial charge in [-0.1, -0.05) is 18.2 Å². The van der Waals surface area contributed by atoms with Crippen molar-refractivity contribution in [3.8, 4) is 5.75 Å². The number of halogens is 1. The van der Waals surface area contributed by atoms with Gasteiger partial charge in [0.1, 0.15) is 5.75 Å². The van der Waals surface area contributed by atoms with Gasteiger partial charge in [-0.3, -0.25) is 4.79 Å². The molecule has 0 N–H and O–H groups in total. The van der Waals surface area contributed by atoms with Gasteiger partial charge in [0.15, 0.2) is 5.78 Å². The van der Waals surface area contributed by atoms with Crippen LogP contribution in [0.4, 0.5) is 0 Å². The van der Waals surface area contributed by atoms with Crippen molar-refractivity contribution in [1.29, 1.82) is 0 Å². The van der Waals surface area contributed by atoms with Crippen LogP contribution in [0.15, 0.2) is 61.2 Å². The molecule has 0 aliphatic rings. The third-order valence-electron chi connectivity index (χ3n) is 2.61. The maximum absolute atomic E-state index is 12.2. The van der Waals surface area contributed by atoms with E-state index >= 15 is 0 Å². The highest BCUT2D eigenvalue weighted by Gasteiger charge is 2.09. The Kier molecular flexibility index (Phi) is 4.33. The normalized spacial score (nSPS) is 9.85. The van der Waals surface area contributed by atoms with Crippen LogP contribution in [0, 0.1) is 0 Å². The molecule has 3 nitrogen and oxygen atoms in total. The Labute approximate surface area is 121 Å². The molecule has 4 heteroatoms. The summed E-state index contributed by atoms with van der Waals surface area (Å²) in [4.78, 5) is 23.2. The first-order chi connectivity index (χ1) is 9.60. The quantitative estimate of drug-likeness (QED) is 0.373. The highest BCUT2D eigenvalue weighted by molar-refractivity contribution is 6.30. The van der Waals surface area contributed by atoms with Crippen LogP contribution in [0.5, 0.6) is 5.75 Å². The van der Waals surface area contributed by atoms with Gasteiger partial charge in [-0.2, -0.15) is 0 Å². The van der Waals surface area contributed by atoms with Crippen LogP contribution in [0.25, 0.3) is 0 Å². The monoisotopic (exact) mass is 286 g/mol. The van der Waals surface area contributed by atoms with Crippen LogP contribution in [0.3, 0.4) is 0 Å². The summed E-state index contributed by atoms with van der Waals surface area (Å²) in [7, 11) is 0. The van der Waals surface area contributed by atoms with E-state index in [0.29, 0.717) is 21.9 Å². The molecule has 0 radical (unpaired) electrons. The smallest absolute Gasteiger partial charge is 0.335 e. The lowest BCUT2D eigenvalue weighted by atomic mass is 10.0. The molecule has 2 aromatic carbocycles. The second-order valence-electron chi connectivity index (χ2n) is 3.99. The first-order valence-corrected chi connectivity index (χ1v) is 6.22. The molecule has 2 rings (SSSR count). The molecule has 0 saturated carbocycles. The van der Waals surface area contributed by atoms with Crippen LogP contribution in [-0.4, -0.2) is 11.8 Å². The average Bonchev–Trinajstić information content (AvgIpc) is 2.48. The first-order valence-electron chi connectivity index (χ1n) is 5.85. The van der Waals surface area contributed by atoms with Crippen molar-refractivity contribution in [2.45, 2.75) is 0 Å². The highest BCUT2D eigenvalue weighted by atomic mass is 35.5. The number of rotatable bonds is 4. The van der Waals surface area contributed by atoms with E-state index in [0.717, 1.165) is 6.08 Å². The fourth-order valence-corrected chi connectivity index (χ4v) is 1.73. The largest absolute Gasteiger partial charge is 0.423 e. The van der Waals surface area contributed by atoms with E-state index in [4.69, 9.17) is 16.3 Å². The lowest BCUT2D eigenvalue weighted by molar-refractivity contribution is -0.128. The van der Waals surface area contributed by atoms with Crippen molar-refractivity contribution >= 4 is 23.4 Å². The average molecular weight is 287 g/mol. The van der Waals surface area contributed by atoms with E-state index in [1.807, 2.05) is 0 Å². The van der Waals surface area contributed by atoms with Crippen LogP contribution in [0.2, 0.25) is 5.02 Å². The molecule has 20 heavy (non-hydrogen) atoms. The van der Waals surface area contributed by atoms with Crippen LogP contribution in [-0.2, 0) is 4.79 Å². The number of carbonyl (C=O) groups is 2. The SMILES string of the molecule is C=CC(=O)Oc1ccc(C(=O)c2ccc(Cl)cc2)cc1. The molecule has 0 aromatic heterocycles. The van der Waals surface area contributed by atoms with Crippen LogP contribution < -0.4 is 4.74 Å². The molecule has 0 unspecified atom stereocenters. The summed E-state index contributed by atoms with van der Waals surface area (Å²) in [6.07, 6.45) is 1.08. The number of carbonyl (C=O) groups excluding carboxylic acids is 2. The van der Waals surface area contributed by atoms with Gasteiger partial charge < -0.3 is 4.74 Å². The van der Waals surface area contributed by atoms with Gasteiger partial charge in [-0.25, -0.2) is 4.79 Å². The number of esters is 1. The molecular weight excluding hydrogens is 276 g/mol. The molecule has 0 saturated heterocycles. The molecule has 0 amide bonds. The predicted molar refractivity (Wildman–Crippen MR) is 77.2 cm³/mol. The van der Waals surface area contributed by atoms with Gasteiger partial charge in [-0.05, 0) is 48.5 Å². The lowest BCUT2D eigenvalue weighted by Crippen LogP contribution is -2.04. The van der Waals surface area contributed by atoms with Gasteiger partial charge in [-0.15, -0.1) is 0 Å². The first kappa shape index (κ1) is 14.0. The van der Waals surface area contributed by atoms with Crippen LogP contribution >= 0.6 is 11.6 Å². The second-order valence-corrected chi connectivity index (χ2v) is 4.42. The number of hydrogen-bond donors (Lipinski definition) is 0. The maximum atomic E-state index is 12.2. The minimum absolute atomic E-state index is 0.122. The zero-order valence-electron chi connectivity index (χ0n) is 10.5. The fourth-order valence-electron chi connectivity index (χ4n) is 1.60. The molecule has 0 fully saturated rings. The molecule has 0 aliphatic carbocycles. The minimum atomic E-state index is -0.540. The van der Waals surface area contributed by atoms with E-state index in [1.54, 1.807) is 48.5 Å². The Morgan fingerprint density at radius 3 is 1.95 bits per heavy atom. The fraction of sp³-hybridized carbons (Fsp3) is 0. The molecular formula is C16H11ClO3. The van der Waals surface area contributed by atoms with Gasteiger partial charge in [0.2, 0.25) is 0 Å². The zero-order valence-corrected chi connectivity index (χ0v) is 11.3. The Balaban J connectivity index is 2.17. The molecule has 0 heterocycles. The van der Waals surface area contributed by atoms with Gasteiger partial charge in [0.25, 0.3) is 0 Å². The van der Waals surface area contributed by atoms with E-state index in [9.17, 15) is 9.59 Å². The molecule has 0 atom stereocenters. The summed E-state index contributed by atoms with van der Waals surface area (Å²) in [5, 5.41) is 0.577. The van der Waals surface area contributed by atoms with Crippen molar-refractivity contribution in [3.63, 3.8) is 0 Å². The molecule has 2 aromatic rings. The van der Waals surface area contributed by atoms with E-state index in [2.05, 4.69) is 6.58 Å². The summed E-state index contributed by atoms with van der Waals surface area (Å²) in [5.41, 5.74) is 1.05. The van der Waals surface area contributed by atoms with Crippen molar-refractivity contribution in [2.24, 2.45) is 0 Å². The summed E-state index contributed by atoms with van der Waals surface area (Å²) in [5.74, 6) is -0.299. The molecule has 0 spiro atoms. The summed E-state index contributed by atoms with van der Waals surface area (Å²) in [6.45, 7) is 3.31. The Morgan fingerprint density at radius 1 is 0.950 bits per heavy atom. The zero-order chi connectivity index (χ0) is 14.5. The van der Waals surface area contributed by atoms with Crippen molar-refractivity contribution in [3.05, 3.63) is 77.3 Å². The molecule has 0 aliphatic heterocycles.